The second-order valence-electron chi connectivity index (χ2n) is 7.21. The first-order chi connectivity index (χ1) is 11.6. The summed E-state index contributed by atoms with van der Waals surface area (Å²) in [5.74, 6) is -2.04. The molecule has 3 aliphatic heterocycles. The average molecular weight is 371 g/mol. The minimum Gasteiger partial charge on any atom is -0.342 e. The van der Waals surface area contributed by atoms with Gasteiger partial charge in [0.2, 0.25) is 5.13 Å². The largest absolute Gasteiger partial charge is 0.342 e. The van der Waals surface area contributed by atoms with Crippen LogP contribution in [0, 0.1) is 6.92 Å². The van der Waals surface area contributed by atoms with E-state index in [0.717, 1.165) is 5.01 Å². The molecule has 0 spiro atoms. The fourth-order valence-corrected chi connectivity index (χ4v) is 3.94. The number of carbonyl (C=O) groups is 1. The number of ether oxygens (including phenoxy) is 5. The van der Waals surface area contributed by atoms with Crippen LogP contribution in [-0.2, 0) is 28.5 Å². The molecular weight excluding hydrogens is 350 g/mol. The predicted octanol–water partition coefficient (Wildman–Crippen LogP) is 1.18. The summed E-state index contributed by atoms with van der Waals surface area (Å²) in [4.78, 5) is 12.8. The van der Waals surface area contributed by atoms with Gasteiger partial charge in [0.25, 0.3) is 5.91 Å². The lowest BCUT2D eigenvalue weighted by atomic mass is 9.98. The van der Waals surface area contributed by atoms with Crippen molar-refractivity contribution in [1.29, 1.82) is 0 Å². The van der Waals surface area contributed by atoms with Gasteiger partial charge in [-0.15, -0.1) is 10.2 Å². The van der Waals surface area contributed by atoms with Crippen LogP contribution in [0.3, 0.4) is 0 Å². The van der Waals surface area contributed by atoms with Gasteiger partial charge in [-0.2, -0.15) is 0 Å². The summed E-state index contributed by atoms with van der Waals surface area (Å²) in [6.45, 7) is 9.00. The van der Waals surface area contributed by atoms with Crippen molar-refractivity contribution in [2.45, 2.75) is 76.9 Å². The standard InChI is InChI=1S/C15H21N3O6S/c1-6-17-18-13(25-6)16-11(19)9-7-8(22-14(2,3)21-7)10-12(20-9)24-15(4,5)23-10/h7-10,12H,1-5H3,(H,16,18,19)/t7-,8+,9+,10+,12+/m0/s1. The van der Waals surface area contributed by atoms with E-state index >= 15 is 0 Å². The highest BCUT2D eigenvalue weighted by molar-refractivity contribution is 7.15. The number of hydrogen-bond acceptors (Lipinski definition) is 9. The number of amides is 1. The fraction of sp³-hybridized carbons (Fsp3) is 0.800. The summed E-state index contributed by atoms with van der Waals surface area (Å²) in [5.41, 5.74) is 0. The molecule has 1 amide bonds. The van der Waals surface area contributed by atoms with Crippen LogP contribution in [0.15, 0.2) is 0 Å². The van der Waals surface area contributed by atoms with Crippen molar-refractivity contribution in [1.82, 2.24) is 10.2 Å². The third-order valence-electron chi connectivity index (χ3n) is 4.17. The Kier molecular flexibility index (Phi) is 3.91. The summed E-state index contributed by atoms with van der Waals surface area (Å²) >= 11 is 1.29. The van der Waals surface area contributed by atoms with Gasteiger partial charge < -0.3 is 23.7 Å². The second-order valence-corrected chi connectivity index (χ2v) is 8.39. The van der Waals surface area contributed by atoms with E-state index in [1.807, 2.05) is 6.92 Å². The summed E-state index contributed by atoms with van der Waals surface area (Å²) < 4.78 is 29.5. The van der Waals surface area contributed by atoms with E-state index in [2.05, 4.69) is 15.5 Å². The molecule has 138 valence electrons. The summed E-state index contributed by atoms with van der Waals surface area (Å²) in [5, 5.41) is 11.7. The molecule has 1 aromatic rings. The molecule has 3 fully saturated rings. The van der Waals surface area contributed by atoms with Gasteiger partial charge in [-0.3, -0.25) is 10.1 Å². The van der Waals surface area contributed by atoms with E-state index in [0.29, 0.717) is 5.13 Å². The van der Waals surface area contributed by atoms with E-state index in [9.17, 15) is 4.79 Å². The van der Waals surface area contributed by atoms with Crippen LogP contribution >= 0.6 is 11.3 Å². The third kappa shape index (κ3) is 3.18. The molecule has 3 saturated heterocycles. The third-order valence-corrected chi connectivity index (χ3v) is 4.92. The predicted molar refractivity (Wildman–Crippen MR) is 85.8 cm³/mol. The maximum Gasteiger partial charge on any atom is 0.258 e. The summed E-state index contributed by atoms with van der Waals surface area (Å²) in [6.07, 6.45) is -3.16. The van der Waals surface area contributed by atoms with Gasteiger partial charge >= 0.3 is 0 Å². The number of carbonyl (C=O) groups excluding carboxylic acids is 1. The Balaban J connectivity index is 1.58. The summed E-state index contributed by atoms with van der Waals surface area (Å²) in [6, 6.07) is 0. The number of aromatic nitrogens is 2. The van der Waals surface area contributed by atoms with Crippen LogP contribution in [0.5, 0.6) is 0 Å². The van der Waals surface area contributed by atoms with Crippen molar-refractivity contribution in [2.75, 3.05) is 5.32 Å². The van der Waals surface area contributed by atoms with E-state index in [1.54, 1.807) is 27.7 Å². The molecule has 25 heavy (non-hydrogen) atoms. The van der Waals surface area contributed by atoms with Crippen LogP contribution in [0.2, 0.25) is 0 Å². The number of fused-ring (bicyclic) bond motifs is 3. The molecule has 1 N–H and O–H groups in total. The first kappa shape index (κ1) is 17.3. The molecule has 0 aliphatic carbocycles. The van der Waals surface area contributed by atoms with Gasteiger partial charge in [-0.25, -0.2) is 0 Å². The Bertz CT molecular complexity index is 693. The molecule has 4 rings (SSSR count). The van der Waals surface area contributed by atoms with Crippen molar-refractivity contribution >= 4 is 22.4 Å². The number of rotatable bonds is 2. The normalized spacial score (nSPS) is 38.2. The van der Waals surface area contributed by atoms with Gasteiger partial charge in [0.1, 0.15) is 23.3 Å². The Labute approximate surface area is 148 Å². The lowest BCUT2D eigenvalue weighted by Gasteiger charge is -2.36. The molecule has 4 heterocycles. The van der Waals surface area contributed by atoms with E-state index < -0.39 is 42.3 Å². The van der Waals surface area contributed by atoms with E-state index in [4.69, 9.17) is 23.7 Å². The lowest BCUT2D eigenvalue weighted by molar-refractivity contribution is -0.229. The highest BCUT2D eigenvalue weighted by Crippen LogP contribution is 2.44. The van der Waals surface area contributed by atoms with Gasteiger partial charge in [0.05, 0.1) is 0 Å². The second kappa shape index (κ2) is 5.66. The maximum absolute atomic E-state index is 12.8. The monoisotopic (exact) mass is 371 g/mol. The SMILES string of the molecule is Cc1nnc(NC(=O)[C@@H]2O[C@@H]3OC(C)(C)O[C@@H]3[C@@H]3OC(C)(C)O[C@@H]32)s1. The Morgan fingerprint density at radius 3 is 2.32 bits per heavy atom. The van der Waals surface area contributed by atoms with Gasteiger partial charge in [-0.1, -0.05) is 11.3 Å². The number of nitrogens with zero attached hydrogens (tertiary/aromatic N) is 2. The molecule has 0 saturated carbocycles. The summed E-state index contributed by atoms with van der Waals surface area (Å²) in [7, 11) is 0. The van der Waals surface area contributed by atoms with Gasteiger partial charge in [-0.05, 0) is 34.6 Å². The minimum atomic E-state index is -0.908. The van der Waals surface area contributed by atoms with Crippen LogP contribution in [0.1, 0.15) is 32.7 Å². The number of anilines is 1. The van der Waals surface area contributed by atoms with Crippen molar-refractivity contribution in [2.24, 2.45) is 0 Å². The van der Waals surface area contributed by atoms with Crippen molar-refractivity contribution in [3.63, 3.8) is 0 Å². The molecule has 1 aromatic heterocycles. The Hall–Kier alpha value is -1.17. The topological polar surface area (TPSA) is 101 Å². The molecule has 0 radical (unpaired) electrons. The molecular formula is C15H21N3O6S. The molecule has 0 aromatic carbocycles. The maximum atomic E-state index is 12.8. The van der Waals surface area contributed by atoms with Crippen molar-refractivity contribution in [3.05, 3.63) is 5.01 Å². The number of nitrogens with one attached hydrogen (secondary N) is 1. The van der Waals surface area contributed by atoms with Crippen LogP contribution in [0.4, 0.5) is 5.13 Å². The Morgan fingerprint density at radius 2 is 1.64 bits per heavy atom. The average Bonchev–Trinajstić information content (AvgIpc) is 3.11. The number of aryl methyl sites for hydroxylation is 1. The first-order valence-corrected chi connectivity index (χ1v) is 8.93. The fourth-order valence-electron chi connectivity index (χ4n) is 3.35. The molecule has 0 unspecified atom stereocenters. The van der Waals surface area contributed by atoms with E-state index in [1.165, 1.54) is 11.3 Å². The van der Waals surface area contributed by atoms with E-state index in [-0.39, 0.29) is 5.91 Å². The van der Waals surface area contributed by atoms with Crippen LogP contribution in [0.25, 0.3) is 0 Å². The van der Waals surface area contributed by atoms with Gasteiger partial charge in [0, 0.05) is 0 Å². The molecule has 10 heteroatoms. The lowest BCUT2D eigenvalue weighted by Crippen LogP contribution is -2.58. The molecule has 9 nitrogen and oxygen atoms in total. The smallest absolute Gasteiger partial charge is 0.258 e. The van der Waals surface area contributed by atoms with Gasteiger partial charge in [0.15, 0.2) is 24.0 Å². The Morgan fingerprint density at radius 1 is 1.00 bits per heavy atom. The first-order valence-electron chi connectivity index (χ1n) is 8.11. The van der Waals surface area contributed by atoms with Crippen LogP contribution in [-0.4, -0.2) is 58.4 Å². The zero-order valence-electron chi connectivity index (χ0n) is 14.6. The zero-order chi connectivity index (χ0) is 18.0. The van der Waals surface area contributed by atoms with Crippen molar-refractivity contribution < 1.29 is 28.5 Å². The molecule has 3 aliphatic rings. The highest BCUT2D eigenvalue weighted by atomic mass is 32.1. The van der Waals surface area contributed by atoms with Crippen LogP contribution < -0.4 is 5.32 Å². The highest BCUT2D eigenvalue weighted by Gasteiger charge is 2.62. The molecule has 5 atom stereocenters. The quantitative estimate of drug-likeness (QED) is 0.827. The number of hydrogen-bond donors (Lipinski definition) is 1. The molecule has 0 bridgehead atoms. The van der Waals surface area contributed by atoms with Crippen molar-refractivity contribution in [3.8, 4) is 0 Å². The minimum absolute atomic E-state index is 0.376. The zero-order valence-corrected chi connectivity index (χ0v) is 15.5.